The van der Waals surface area contributed by atoms with Gasteiger partial charge >= 0.3 is 0 Å². The maximum atomic E-state index is 6.89. The Morgan fingerprint density at radius 3 is 2.35 bits per heavy atom. The van der Waals surface area contributed by atoms with Crippen LogP contribution in [0.25, 0.3) is 16.8 Å². The lowest BCUT2D eigenvalue weighted by Crippen LogP contribution is -2.53. The number of allylic oxidation sites excluding steroid dienone is 7. The van der Waals surface area contributed by atoms with E-state index in [0.29, 0.717) is 13.2 Å². The number of nitrogens with zero attached hydrogens (tertiary/aromatic N) is 2. The highest BCUT2D eigenvalue weighted by molar-refractivity contribution is 6.03. The average Bonchev–Trinajstić information content (AvgIpc) is 3.71. The van der Waals surface area contributed by atoms with Crippen LogP contribution in [0, 0.1) is 0 Å². The monoisotopic (exact) mass is 834 g/mol. The molecule has 5 aromatic carbocycles. The third-order valence-corrected chi connectivity index (χ3v) is 14.6. The van der Waals surface area contributed by atoms with Gasteiger partial charge < -0.3 is 24.4 Å². The van der Waals surface area contributed by atoms with E-state index < -0.39 is 5.72 Å². The molecule has 0 fully saturated rings. The van der Waals surface area contributed by atoms with Gasteiger partial charge in [0.2, 0.25) is 11.4 Å². The molecule has 1 unspecified atom stereocenters. The Morgan fingerprint density at radius 1 is 0.762 bits per heavy atom. The molecule has 0 saturated heterocycles. The van der Waals surface area contributed by atoms with E-state index in [9.17, 15) is 0 Å². The minimum Gasteiger partial charge on any atom is -0.493 e. The molecule has 0 bridgehead atoms. The van der Waals surface area contributed by atoms with Crippen LogP contribution in [0.2, 0.25) is 0 Å². The summed E-state index contributed by atoms with van der Waals surface area (Å²) in [4.78, 5) is 2.35. The van der Waals surface area contributed by atoms with Crippen LogP contribution in [0.5, 0.6) is 11.5 Å². The fourth-order valence-corrected chi connectivity index (χ4v) is 10.9. The number of benzene rings is 5. The molecule has 1 N–H and O–H groups in total. The number of likely N-dealkylation sites (N-methyl/N-ethyl adjacent to an activating group) is 1. The van der Waals surface area contributed by atoms with Crippen molar-refractivity contribution in [1.29, 1.82) is 0 Å². The Morgan fingerprint density at radius 2 is 1.52 bits per heavy atom. The largest absolute Gasteiger partial charge is 0.493 e. The van der Waals surface area contributed by atoms with Gasteiger partial charge in [-0.15, -0.1) is 0 Å². The molecule has 0 amide bonds. The second kappa shape index (κ2) is 15.2. The van der Waals surface area contributed by atoms with E-state index in [-0.39, 0.29) is 16.2 Å². The Kier molecular flexibility index (Phi) is 9.85. The number of fused-ring (bicyclic) bond motifs is 6. The maximum Gasteiger partial charge on any atom is 0.209 e. The summed E-state index contributed by atoms with van der Waals surface area (Å²) < 4.78 is 22.6. The van der Waals surface area contributed by atoms with Crippen molar-refractivity contribution in [3.05, 3.63) is 178 Å². The molecule has 0 aromatic heterocycles. The summed E-state index contributed by atoms with van der Waals surface area (Å²) in [5, 5.41) is 6.15. The van der Waals surface area contributed by atoms with Gasteiger partial charge in [-0.2, -0.15) is 4.58 Å². The summed E-state index contributed by atoms with van der Waals surface area (Å²) in [6, 6.07) is 36.6. The van der Waals surface area contributed by atoms with E-state index in [0.717, 1.165) is 54.2 Å². The van der Waals surface area contributed by atoms with Crippen LogP contribution >= 0.6 is 0 Å². The molecule has 10 rings (SSSR count). The number of ether oxygens (including phenoxy) is 3. The zero-order valence-electron chi connectivity index (χ0n) is 38.1. The van der Waals surface area contributed by atoms with Gasteiger partial charge in [-0.3, -0.25) is 0 Å². The second-order valence-electron chi connectivity index (χ2n) is 19.5. The minimum atomic E-state index is -0.712. The molecule has 0 saturated carbocycles. The van der Waals surface area contributed by atoms with E-state index in [1.807, 2.05) is 0 Å². The van der Waals surface area contributed by atoms with Crippen LogP contribution in [0.1, 0.15) is 89.5 Å². The lowest BCUT2D eigenvalue weighted by molar-refractivity contribution is -0.401. The first-order valence-corrected chi connectivity index (χ1v) is 22.8. The van der Waals surface area contributed by atoms with Crippen molar-refractivity contribution >= 4 is 39.6 Å². The number of hydrogen-bond acceptors (Lipinski definition) is 5. The Bertz CT molecular complexity index is 2870. The van der Waals surface area contributed by atoms with Gasteiger partial charge in [-0.1, -0.05) is 86.7 Å². The second-order valence-corrected chi connectivity index (χ2v) is 19.5. The molecule has 4 heterocycles. The molecule has 320 valence electrons. The van der Waals surface area contributed by atoms with Gasteiger partial charge in [0.25, 0.3) is 0 Å². The normalized spacial score (nSPS) is 22.4. The van der Waals surface area contributed by atoms with E-state index in [2.05, 4.69) is 210 Å². The highest BCUT2D eigenvalue weighted by Crippen LogP contribution is 2.53. The molecule has 1 atom stereocenters. The summed E-state index contributed by atoms with van der Waals surface area (Å²) in [6.45, 7) is 14.9. The van der Waals surface area contributed by atoms with Gasteiger partial charge in [0.1, 0.15) is 24.3 Å². The summed E-state index contributed by atoms with van der Waals surface area (Å²) in [6.07, 6.45) is 17.5. The Hall–Kier alpha value is -6.27. The maximum absolute atomic E-state index is 6.89. The molecule has 0 radical (unpaired) electrons. The summed E-state index contributed by atoms with van der Waals surface area (Å²) >= 11 is 0. The SMILES string of the molecule is CN1/C(=C/C=C2\CCCC(/C=C/C3=[N+](C)c4ccccc4C3(C)C)=C2OCCCOc2ccc3c(c2)C(C)(C)C2(C=Cc4c(ccc5ccccc45)O2)N3)C(C)(C)c2ccccc21. The van der Waals surface area contributed by atoms with Gasteiger partial charge in [0.15, 0.2) is 5.71 Å². The predicted molar refractivity (Wildman–Crippen MR) is 260 cm³/mol. The van der Waals surface area contributed by atoms with Crippen molar-refractivity contribution in [3.63, 3.8) is 0 Å². The fourth-order valence-electron chi connectivity index (χ4n) is 10.9. The lowest BCUT2D eigenvalue weighted by atomic mass is 9.76. The van der Waals surface area contributed by atoms with Crippen molar-refractivity contribution in [3.8, 4) is 11.5 Å². The summed E-state index contributed by atoms with van der Waals surface area (Å²) in [5.74, 6) is 2.75. The predicted octanol–water partition coefficient (Wildman–Crippen LogP) is 13.1. The van der Waals surface area contributed by atoms with Crippen LogP contribution in [0.4, 0.5) is 17.1 Å². The molecule has 63 heavy (non-hydrogen) atoms. The number of hydrogen-bond donors (Lipinski definition) is 1. The number of nitrogens with one attached hydrogen (secondary N) is 1. The van der Waals surface area contributed by atoms with E-state index in [1.165, 1.54) is 61.4 Å². The topological polar surface area (TPSA) is 46.0 Å². The van der Waals surface area contributed by atoms with E-state index in [4.69, 9.17) is 14.2 Å². The molecule has 5 aromatic rings. The molecular weight excluding hydrogens is 775 g/mol. The minimum absolute atomic E-state index is 0.101. The zero-order chi connectivity index (χ0) is 43.7. The zero-order valence-corrected chi connectivity index (χ0v) is 38.1. The number of para-hydroxylation sites is 2. The molecular formula is C57H60N3O3+. The van der Waals surface area contributed by atoms with Gasteiger partial charge in [0, 0.05) is 59.2 Å². The molecule has 6 nitrogen and oxygen atoms in total. The van der Waals surface area contributed by atoms with Crippen molar-refractivity contribution in [1.82, 2.24) is 0 Å². The first-order chi connectivity index (χ1) is 30.3. The van der Waals surface area contributed by atoms with Crippen LogP contribution in [-0.4, -0.2) is 43.3 Å². The number of rotatable bonds is 9. The fraction of sp³-hybridized carbons (Fsp3) is 0.316. The van der Waals surface area contributed by atoms with Crippen LogP contribution in [0.3, 0.4) is 0 Å². The van der Waals surface area contributed by atoms with E-state index >= 15 is 0 Å². The Balaban J connectivity index is 0.873. The van der Waals surface area contributed by atoms with Gasteiger partial charge in [-0.25, -0.2) is 0 Å². The van der Waals surface area contributed by atoms with Gasteiger partial charge in [0.05, 0.1) is 24.0 Å². The quantitative estimate of drug-likeness (QED) is 0.118. The molecule has 4 aliphatic heterocycles. The first-order valence-electron chi connectivity index (χ1n) is 22.8. The van der Waals surface area contributed by atoms with Crippen molar-refractivity contribution in [2.75, 3.05) is 37.5 Å². The molecule has 6 heteroatoms. The third kappa shape index (κ3) is 6.63. The highest BCUT2D eigenvalue weighted by Gasteiger charge is 2.54. The first kappa shape index (κ1) is 40.8. The third-order valence-electron chi connectivity index (χ3n) is 14.6. The standard InChI is InChI=1S/C57H60N3O3/c1-54(2)44-21-11-13-23-48(44)59(7)51(54)31-26-39-18-15-19-40(27-32-52-55(3,4)45-22-12-14-24-49(45)60(52)8)53(39)62-36-16-35-61-41-28-29-47-46(37-41)56(5,6)57(58-47)34-33-43-42-20-10-9-17-38(42)25-30-50(43)63-57/h9-14,17,20-34,37,58H,15-16,18-19,35-36H2,1-8H3/q+1. The average molecular weight is 835 g/mol. The van der Waals surface area contributed by atoms with Crippen molar-refractivity contribution < 1.29 is 18.8 Å². The summed E-state index contributed by atoms with van der Waals surface area (Å²) in [7, 11) is 4.38. The highest BCUT2D eigenvalue weighted by atomic mass is 16.5. The molecule has 1 spiro atoms. The van der Waals surface area contributed by atoms with Crippen molar-refractivity contribution in [2.24, 2.45) is 0 Å². The van der Waals surface area contributed by atoms with Crippen LogP contribution < -0.4 is 19.7 Å². The van der Waals surface area contributed by atoms with Gasteiger partial charge in [-0.05, 0) is 135 Å². The Labute approximate surface area is 373 Å². The smallest absolute Gasteiger partial charge is 0.209 e. The van der Waals surface area contributed by atoms with Crippen molar-refractivity contribution in [2.45, 2.75) is 89.2 Å². The van der Waals surface area contributed by atoms with E-state index in [1.54, 1.807) is 0 Å². The molecule has 1 aliphatic carbocycles. The van der Waals surface area contributed by atoms with Crippen LogP contribution in [0.15, 0.2) is 156 Å². The number of anilines is 2. The summed E-state index contributed by atoms with van der Waals surface area (Å²) in [5.41, 5.74) is 12.4. The lowest BCUT2D eigenvalue weighted by Gasteiger charge is -2.41. The molecule has 5 aliphatic rings. The van der Waals surface area contributed by atoms with Crippen LogP contribution in [-0.2, 0) is 21.0 Å².